The molecule has 5 aliphatic heterocycles. The molecule has 23 nitrogen and oxygen atoms in total. The van der Waals surface area contributed by atoms with Crippen LogP contribution in [0.25, 0.3) is 0 Å². The Morgan fingerprint density at radius 1 is 0.548 bits per heavy atom. The molecule has 5 heterocycles. The summed E-state index contributed by atoms with van der Waals surface area (Å²) >= 11 is 0. The van der Waals surface area contributed by atoms with Gasteiger partial charge in [-0.2, -0.15) is 0 Å². The number of methoxy groups -OCH3 is 1. The molecule has 23 heteroatoms. The Hall–Kier alpha value is -5.87. The van der Waals surface area contributed by atoms with Gasteiger partial charge in [0.2, 0.25) is 0 Å². The van der Waals surface area contributed by atoms with Crippen LogP contribution in [-0.2, 0) is 95.4 Å². The predicted molar refractivity (Wildman–Crippen MR) is 295 cm³/mol. The number of carbonyl (C=O) groups excluding carboxylic acids is 8. The fourth-order valence-electron chi connectivity index (χ4n) is 11.4. The Labute approximate surface area is 493 Å². The molecule has 84 heavy (non-hydrogen) atoms. The molecule has 9 rings (SSSR count). The first-order chi connectivity index (χ1) is 39.2. The fraction of sp³-hybridized carbons (Fsp3) is 0.820. The molecule has 9 aliphatic rings. The van der Waals surface area contributed by atoms with E-state index in [0.717, 1.165) is 32.1 Å². The van der Waals surface area contributed by atoms with Crippen LogP contribution in [0.5, 0.6) is 0 Å². The number of fused-ring (bicyclic) bond motifs is 3. The van der Waals surface area contributed by atoms with E-state index in [4.69, 9.17) is 58.0 Å². The van der Waals surface area contributed by atoms with Crippen molar-refractivity contribution in [2.75, 3.05) is 7.11 Å². The summed E-state index contributed by atoms with van der Waals surface area (Å²) in [7, 11) is 1.31. The highest BCUT2D eigenvalue weighted by Crippen LogP contribution is 2.59. The van der Waals surface area contributed by atoms with Crippen LogP contribution in [-0.4, -0.2) is 143 Å². The van der Waals surface area contributed by atoms with E-state index in [1.165, 1.54) is 7.11 Å². The molecule has 9 fully saturated rings. The van der Waals surface area contributed by atoms with Crippen molar-refractivity contribution in [2.24, 2.45) is 81.8 Å². The lowest BCUT2D eigenvalue weighted by atomic mass is 9.78. The van der Waals surface area contributed by atoms with E-state index in [0.29, 0.717) is 43.9 Å². The largest absolute Gasteiger partial charge is 0.481 e. The first kappa shape index (κ1) is 70.6. The third-order valence-corrected chi connectivity index (χ3v) is 18.7. The lowest BCUT2D eigenvalue weighted by Crippen LogP contribution is -2.44. The van der Waals surface area contributed by atoms with E-state index in [2.05, 4.69) is 0 Å². The zero-order valence-electron chi connectivity index (χ0n) is 51.9. The van der Waals surface area contributed by atoms with Gasteiger partial charge >= 0.3 is 65.7 Å². The minimum atomic E-state index is -0.959. The number of hydrogen-bond acceptors (Lipinski definition) is 20. The molecular formula is C61H94O23. The van der Waals surface area contributed by atoms with Crippen LogP contribution >= 0.6 is 0 Å². The van der Waals surface area contributed by atoms with E-state index in [-0.39, 0.29) is 132 Å². The normalized spacial score (nSPS) is 32.3. The molecule has 0 aromatic carbocycles. The van der Waals surface area contributed by atoms with Crippen molar-refractivity contribution in [1.82, 2.24) is 0 Å². The third kappa shape index (κ3) is 16.3. The van der Waals surface area contributed by atoms with Crippen LogP contribution in [0.3, 0.4) is 0 Å². The Kier molecular flexibility index (Phi) is 25.2. The minimum Gasteiger partial charge on any atom is -0.481 e. The molecule has 0 aromatic heterocycles. The van der Waals surface area contributed by atoms with E-state index >= 15 is 0 Å². The molecule has 21 unspecified atom stereocenters. The Bertz CT molecular complexity index is 2310. The van der Waals surface area contributed by atoms with Gasteiger partial charge in [-0.15, -0.1) is 0 Å². The summed E-state index contributed by atoms with van der Waals surface area (Å²) in [5.41, 5.74) is -1.08. The Morgan fingerprint density at radius 3 is 1.48 bits per heavy atom. The zero-order chi connectivity index (χ0) is 63.6. The second-order valence-corrected chi connectivity index (χ2v) is 25.2. The molecule has 3 N–H and O–H groups in total. The number of carboxylic acids is 3. The summed E-state index contributed by atoms with van der Waals surface area (Å²) in [5.74, 6) is -5.58. The highest BCUT2D eigenvalue weighted by atomic mass is 16.7. The van der Waals surface area contributed by atoms with Crippen molar-refractivity contribution in [2.45, 2.75) is 229 Å². The lowest BCUT2D eigenvalue weighted by molar-refractivity contribution is -0.168. The summed E-state index contributed by atoms with van der Waals surface area (Å²) in [6.45, 7) is 27.2. The average Bonchev–Trinajstić information content (AvgIpc) is 1.99. The molecule has 6 bridgehead atoms. The molecule has 0 spiro atoms. The van der Waals surface area contributed by atoms with Gasteiger partial charge in [-0.3, -0.25) is 52.7 Å². The standard InChI is InChI=1S/C15H20O6.C13H18O4.C12H16O5.C10H18O4.C6H12O2.C5H10O2/c1-4-6(2)13(16)20-11-7-5-8-10(9(7)14(17)19-3)15(18)21-12(8)11;1-3-6(2)12(14)16-10-7-4-8-9(5-7)13(15)17-11(8)10;1-3-5(2)11(13)16-9-7-4-6-8(15-7)10(9)17-12(6)14;1-5-10(3,4)9(13)14-7(2)6-8(11)12;1-4-6(2,3)5(7)8;1-3-4(2)5(6)7/h6-12H,4-5H2,1-3H3;6-11H,3-5H2,1-2H3;5-10H,3-4H2,1-2H3;7H,5-6H2,1-4H3,(H,11,12);4H2,1-3H3,(H,7,8);4H,3H2,1-2H3,(H,6,7). The lowest BCUT2D eigenvalue weighted by Gasteiger charge is -2.30. The van der Waals surface area contributed by atoms with Crippen molar-refractivity contribution in [3.8, 4) is 0 Å². The van der Waals surface area contributed by atoms with Crippen molar-refractivity contribution in [3.63, 3.8) is 0 Å². The van der Waals surface area contributed by atoms with Crippen LogP contribution < -0.4 is 0 Å². The molecular weight excluding hydrogens is 1100 g/mol. The number of hydrogen-bond donors (Lipinski definition) is 3. The SMILES string of the molecule is CCC(C)(C)C(=O)O.CCC(C)(C)C(=O)OC(C)CC(=O)O.CCC(C)C(=O)O.CCC(C)C(=O)OC1C2CC3C(=O)OC1C3C2.CCC(C)C(=O)OC1C2CC3C(=O)OC1C3O2.CCC(C)C(=O)OC1C2CC3C1OC(=O)C3C2C(=O)OC. The Balaban J connectivity index is 0.000000224. The van der Waals surface area contributed by atoms with Gasteiger partial charge in [0.15, 0.2) is 12.2 Å². The van der Waals surface area contributed by atoms with Crippen LogP contribution in [0.1, 0.15) is 174 Å². The van der Waals surface area contributed by atoms with Crippen LogP contribution in [0.15, 0.2) is 0 Å². The monoisotopic (exact) mass is 1190 g/mol. The van der Waals surface area contributed by atoms with Gasteiger partial charge in [-0.05, 0) is 98.8 Å². The highest BCUT2D eigenvalue weighted by molar-refractivity contribution is 5.86. The minimum absolute atomic E-state index is 0.0265. The van der Waals surface area contributed by atoms with E-state index in [9.17, 15) is 52.7 Å². The van der Waals surface area contributed by atoms with Crippen LogP contribution in [0, 0.1) is 81.8 Å². The molecule has 476 valence electrons. The number of ether oxygens (including phenoxy) is 9. The first-order valence-corrected chi connectivity index (χ1v) is 30.1. The number of carbonyl (C=O) groups is 11. The summed E-state index contributed by atoms with van der Waals surface area (Å²) in [4.78, 5) is 125. The molecule has 4 aliphatic carbocycles. The summed E-state index contributed by atoms with van der Waals surface area (Å²) in [5, 5.41) is 25.1. The third-order valence-electron chi connectivity index (χ3n) is 18.7. The smallest absolute Gasteiger partial charge is 0.312 e. The molecule has 0 aromatic rings. The maximum Gasteiger partial charge on any atom is 0.312 e. The number of aliphatic carboxylic acids is 3. The van der Waals surface area contributed by atoms with Gasteiger partial charge in [0, 0.05) is 23.7 Å². The summed E-state index contributed by atoms with van der Waals surface area (Å²) < 4.78 is 48.0. The van der Waals surface area contributed by atoms with Crippen molar-refractivity contribution in [3.05, 3.63) is 0 Å². The number of esters is 8. The summed E-state index contributed by atoms with van der Waals surface area (Å²) in [6, 6.07) is 0. The zero-order valence-corrected chi connectivity index (χ0v) is 51.9. The van der Waals surface area contributed by atoms with E-state index in [1.54, 1.807) is 48.5 Å². The molecule has 5 saturated heterocycles. The highest BCUT2D eigenvalue weighted by Gasteiger charge is 2.70. The van der Waals surface area contributed by atoms with Crippen molar-refractivity contribution < 1.29 is 111 Å². The van der Waals surface area contributed by atoms with Crippen molar-refractivity contribution in [1.29, 1.82) is 0 Å². The fourth-order valence-corrected chi connectivity index (χ4v) is 11.4. The van der Waals surface area contributed by atoms with Gasteiger partial charge in [0.25, 0.3) is 0 Å². The van der Waals surface area contributed by atoms with Gasteiger partial charge in [-0.25, -0.2) is 0 Å². The predicted octanol–water partition coefficient (Wildman–Crippen LogP) is 7.56. The topological polar surface area (TPSA) is 332 Å². The second kappa shape index (κ2) is 30.0. The van der Waals surface area contributed by atoms with Gasteiger partial charge < -0.3 is 58.0 Å². The van der Waals surface area contributed by atoms with Gasteiger partial charge in [0.1, 0.15) is 36.6 Å². The van der Waals surface area contributed by atoms with E-state index in [1.807, 2.05) is 55.4 Å². The average molecular weight is 1200 g/mol. The molecule has 4 saturated carbocycles. The van der Waals surface area contributed by atoms with Gasteiger partial charge in [-0.1, -0.05) is 69.2 Å². The van der Waals surface area contributed by atoms with E-state index < -0.39 is 64.9 Å². The molecule has 0 radical (unpaired) electrons. The number of rotatable bonds is 19. The van der Waals surface area contributed by atoms with Crippen LogP contribution in [0.4, 0.5) is 0 Å². The maximum atomic E-state index is 12.0. The summed E-state index contributed by atoms with van der Waals surface area (Å²) in [6.07, 6.45) is 4.36. The molecule has 0 amide bonds. The molecule has 21 atom stereocenters. The van der Waals surface area contributed by atoms with Gasteiger partial charge in [0.05, 0.1) is 77.8 Å². The first-order valence-electron chi connectivity index (χ1n) is 30.1. The van der Waals surface area contributed by atoms with Crippen LogP contribution in [0.2, 0.25) is 0 Å². The second-order valence-electron chi connectivity index (χ2n) is 25.2. The Morgan fingerprint density at radius 2 is 1.02 bits per heavy atom. The number of carboxylic acid groups (broad SMARTS) is 3. The quantitative estimate of drug-likeness (QED) is 0.0829. The van der Waals surface area contributed by atoms with Crippen molar-refractivity contribution >= 4 is 65.7 Å². The maximum absolute atomic E-state index is 12.0.